The van der Waals surface area contributed by atoms with Gasteiger partial charge in [-0.15, -0.1) is 0 Å². The molecule has 7 heteroatoms. The minimum Gasteiger partial charge on any atom is -0.497 e. The lowest BCUT2D eigenvalue weighted by Crippen LogP contribution is -2.42. The highest BCUT2D eigenvalue weighted by atomic mass is 16.5. The van der Waals surface area contributed by atoms with Gasteiger partial charge in [0.2, 0.25) is 0 Å². The summed E-state index contributed by atoms with van der Waals surface area (Å²) >= 11 is 0. The van der Waals surface area contributed by atoms with Crippen LogP contribution in [0.2, 0.25) is 0 Å². The Labute approximate surface area is 150 Å². The van der Waals surface area contributed by atoms with Crippen LogP contribution in [0, 0.1) is 0 Å². The molecule has 1 aromatic carbocycles. The molecule has 1 amide bonds. The fourth-order valence-corrected chi connectivity index (χ4v) is 1.88. The van der Waals surface area contributed by atoms with Crippen LogP contribution < -0.4 is 20.7 Å². The third-order valence-corrected chi connectivity index (χ3v) is 3.57. The van der Waals surface area contributed by atoms with E-state index in [1.807, 2.05) is 20.8 Å². The second kappa shape index (κ2) is 10.6. The molecule has 0 fully saturated rings. The summed E-state index contributed by atoms with van der Waals surface area (Å²) in [5.74, 6) is 1.31. The fourth-order valence-electron chi connectivity index (χ4n) is 1.88. The quantitative estimate of drug-likeness (QED) is 0.356. The van der Waals surface area contributed by atoms with Crippen LogP contribution in [-0.2, 0) is 4.74 Å². The first-order valence-corrected chi connectivity index (χ1v) is 8.41. The second-order valence-corrected chi connectivity index (χ2v) is 6.07. The number of benzene rings is 1. The van der Waals surface area contributed by atoms with Gasteiger partial charge in [0, 0.05) is 32.3 Å². The summed E-state index contributed by atoms with van der Waals surface area (Å²) in [5, 5.41) is 9.23. The Morgan fingerprint density at radius 1 is 1.08 bits per heavy atom. The number of amides is 1. The summed E-state index contributed by atoms with van der Waals surface area (Å²) in [6.07, 6.45) is 0. The van der Waals surface area contributed by atoms with E-state index in [0.29, 0.717) is 31.2 Å². The average molecular weight is 350 g/mol. The molecule has 25 heavy (non-hydrogen) atoms. The van der Waals surface area contributed by atoms with E-state index in [1.54, 1.807) is 38.5 Å². The zero-order valence-electron chi connectivity index (χ0n) is 15.8. The molecular formula is C18H30N4O3. The van der Waals surface area contributed by atoms with Gasteiger partial charge in [0.05, 0.1) is 19.3 Å². The number of ether oxygens (including phenoxy) is 2. The summed E-state index contributed by atoms with van der Waals surface area (Å²) in [5.41, 5.74) is 0.286. The van der Waals surface area contributed by atoms with Gasteiger partial charge in [0.1, 0.15) is 5.75 Å². The smallest absolute Gasteiger partial charge is 0.251 e. The summed E-state index contributed by atoms with van der Waals surface area (Å²) < 4.78 is 10.4. The summed E-state index contributed by atoms with van der Waals surface area (Å²) in [4.78, 5) is 16.6. The standard InChI is InChI=1S/C18H30N4O3/c1-6-19-17(22-13-18(2,3)25-5)21-12-11-20-16(23)14-7-9-15(24-4)10-8-14/h7-10H,6,11-13H2,1-5H3,(H,20,23)(H2,19,21,22). The molecule has 140 valence electrons. The van der Waals surface area contributed by atoms with Gasteiger partial charge in [-0.25, -0.2) is 0 Å². The number of methoxy groups -OCH3 is 2. The molecule has 0 unspecified atom stereocenters. The second-order valence-electron chi connectivity index (χ2n) is 6.07. The number of aliphatic imine (C=N–C) groups is 1. The first-order valence-electron chi connectivity index (χ1n) is 8.41. The van der Waals surface area contributed by atoms with Gasteiger partial charge in [0.25, 0.3) is 5.91 Å². The molecule has 1 aromatic rings. The van der Waals surface area contributed by atoms with E-state index >= 15 is 0 Å². The van der Waals surface area contributed by atoms with Crippen LogP contribution in [0.25, 0.3) is 0 Å². The molecule has 0 radical (unpaired) electrons. The van der Waals surface area contributed by atoms with Crippen molar-refractivity contribution < 1.29 is 14.3 Å². The number of nitrogens with one attached hydrogen (secondary N) is 3. The minimum absolute atomic E-state index is 0.119. The van der Waals surface area contributed by atoms with Crippen LogP contribution in [-0.4, -0.2) is 57.9 Å². The SMILES string of the molecule is CCNC(=NCC(C)(C)OC)NCCNC(=O)c1ccc(OC)cc1. The number of carbonyl (C=O) groups is 1. The van der Waals surface area contributed by atoms with Crippen molar-refractivity contribution in [1.82, 2.24) is 16.0 Å². The maximum Gasteiger partial charge on any atom is 0.251 e. The number of rotatable bonds is 9. The third kappa shape index (κ3) is 7.89. The average Bonchev–Trinajstić information content (AvgIpc) is 2.63. The largest absolute Gasteiger partial charge is 0.497 e. The zero-order valence-corrected chi connectivity index (χ0v) is 15.8. The Morgan fingerprint density at radius 3 is 2.28 bits per heavy atom. The fraction of sp³-hybridized carbons (Fsp3) is 0.556. The van der Waals surface area contributed by atoms with Gasteiger partial charge in [0.15, 0.2) is 5.96 Å². The van der Waals surface area contributed by atoms with Gasteiger partial charge in [-0.3, -0.25) is 9.79 Å². The lowest BCUT2D eigenvalue weighted by molar-refractivity contribution is 0.0310. The Balaban J connectivity index is 2.42. The highest BCUT2D eigenvalue weighted by Crippen LogP contribution is 2.10. The van der Waals surface area contributed by atoms with E-state index in [1.165, 1.54) is 0 Å². The maximum atomic E-state index is 12.1. The predicted molar refractivity (Wildman–Crippen MR) is 100 cm³/mol. The molecule has 0 aliphatic heterocycles. The van der Waals surface area contributed by atoms with Crippen molar-refractivity contribution in [3.63, 3.8) is 0 Å². The molecule has 3 N–H and O–H groups in total. The van der Waals surface area contributed by atoms with Crippen LogP contribution in [0.4, 0.5) is 0 Å². The summed E-state index contributed by atoms with van der Waals surface area (Å²) in [6, 6.07) is 7.00. The van der Waals surface area contributed by atoms with Crippen LogP contribution >= 0.6 is 0 Å². The van der Waals surface area contributed by atoms with Crippen LogP contribution in [0.1, 0.15) is 31.1 Å². The van der Waals surface area contributed by atoms with Crippen molar-refractivity contribution in [2.75, 3.05) is 40.4 Å². The molecule has 7 nitrogen and oxygen atoms in total. The molecule has 0 spiro atoms. The number of hydrogen-bond acceptors (Lipinski definition) is 4. The van der Waals surface area contributed by atoms with Crippen molar-refractivity contribution >= 4 is 11.9 Å². The van der Waals surface area contributed by atoms with Gasteiger partial charge >= 0.3 is 0 Å². The lowest BCUT2D eigenvalue weighted by atomic mass is 10.1. The molecule has 0 saturated heterocycles. The van der Waals surface area contributed by atoms with Crippen molar-refractivity contribution in [3.05, 3.63) is 29.8 Å². The number of carbonyl (C=O) groups excluding carboxylic acids is 1. The van der Waals surface area contributed by atoms with Crippen LogP contribution in [0.15, 0.2) is 29.3 Å². The first-order chi connectivity index (χ1) is 11.9. The van der Waals surface area contributed by atoms with Gasteiger partial charge < -0.3 is 25.4 Å². The molecule has 1 rings (SSSR count). The normalized spacial score (nSPS) is 11.8. The van der Waals surface area contributed by atoms with Gasteiger partial charge in [-0.05, 0) is 45.0 Å². The Kier molecular flexibility index (Phi) is 8.77. The number of nitrogens with zero attached hydrogens (tertiary/aromatic N) is 1. The van der Waals surface area contributed by atoms with Crippen molar-refractivity contribution in [1.29, 1.82) is 0 Å². The van der Waals surface area contributed by atoms with Gasteiger partial charge in [-0.1, -0.05) is 0 Å². The Bertz CT molecular complexity index is 556. The number of hydrogen-bond donors (Lipinski definition) is 3. The molecule has 0 saturated carbocycles. The van der Waals surface area contributed by atoms with E-state index in [-0.39, 0.29) is 11.5 Å². The molecule has 0 aromatic heterocycles. The topological polar surface area (TPSA) is 84.0 Å². The zero-order chi connectivity index (χ0) is 18.7. The molecule has 0 atom stereocenters. The van der Waals surface area contributed by atoms with Crippen molar-refractivity contribution in [2.24, 2.45) is 4.99 Å². The molecular weight excluding hydrogens is 320 g/mol. The summed E-state index contributed by atoms with van der Waals surface area (Å²) in [7, 11) is 3.27. The number of guanidine groups is 1. The van der Waals surface area contributed by atoms with Gasteiger partial charge in [-0.2, -0.15) is 0 Å². The Morgan fingerprint density at radius 2 is 1.72 bits per heavy atom. The van der Waals surface area contributed by atoms with Crippen molar-refractivity contribution in [3.8, 4) is 5.75 Å². The van der Waals surface area contributed by atoms with E-state index in [0.717, 1.165) is 12.3 Å². The highest BCUT2D eigenvalue weighted by Gasteiger charge is 2.15. The minimum atomic E-state index is -0.315. The van der Waals surface area contributed by atoms with E-state index in [2.05, 4.69) is 20.9 Å². The van der Waals surface area contributed by atoms with Crippen LogP contribution in [0.3, 0.4) is 0 Å². The monoisotopic (exact) mass is 350 g/mol. The maximum absolute atomic E-state index is 12.1. The third-order valence-electron chi connectivity index (χ3n) is 3.57. The van der Waals surface area contributed by atoms with E-state index < -0.39 is 0 Å². The Hall–Kier alpha value is -2.28. The van der Waals surface area contributed by atoms with Crippen molar-refractivity contribution in [2.45, 2.75) is 26.4 Å². The molecule has 0 aliphatic carbocycles. The van der Waals surface area contributed by atoms with E-state index in [9.17, 15) is 4.79 Å². The lowest BCUT2D eigenvalue weighted by Gasteiger charge is -2.21. The molecule has 0 aliphatic rings. The predicted octanol–water partition coefficient (Wildman–Crippen LogP) is 1.41. The summed E-state index contributed by atoms with van der Waals surface area (Å²) in [6.45, 7) is 8.33. The highest BCUT2D eigenvalue weighted by molar-refractivity contribution is 5.94. The molecule has 0 heterocycles. The van der Waals surface area contributed by atoms with E-state index in [4.69, 9.17) is 9.47 Å². The van der Waals surface area contributed by atoms with Crippen LogP contribution in [0.5, 0.6) is 5.75 Å². The first kappa shape index (κ1) is 20.8. The molecule has 0 bridgehead atoms.